The Hall–Kier alpha value is -0.770. The molecule has 0 radical (unpaired) electrons. The molecule has 2 bridgehead atoms. The number of ether oxygens (including phenoxy) is 1. The predicted molar refractivity (Wildman–Crippen MR) is 94.5 cm³/mol. The summed E-state index contributed by atoms with van der Waals surface area (Å²) in [6, 6.07) is 0.508. The molecular weight excluding hydrogens is 288 g/mol. The Balaban J connectivity index is 1.93. The Kier molecular flexibility index (Phi) is 4.56. The van der Waals surface area contributed by atoms with Crippen LogP contribution in [0.2, 0.25) is 0 Å². The molecule has 0 saturated heterocycles. The Labute approximate surface area is 142 Å². The molecule has 4 nitrogen and oxygen atoms in total. The molecule has 0 aliphatic heterocycles. The first-order chi connectivity index (χ1) is 10.3. The monoisotopic (exact) mass is 324 g/mol. The van der Waals surface area contributed by atoms with Crippen molar-refractivity contribution in [2.45, 2.75) is 91.8 Å². The summed E-state index contributed by atoms with van der Waals surface area (Å²) < 4.78 is 5.38. The number of alkyl carbamates (subject to hydrolysis) is 1. The van der Waals surface area contributed by atoms with E-state index in [1.165, 1.54) is 19.3 Å². The normalized spacial score (nSPS) is 32.9. The van der Waals surface area contributed by atoms with E-state index in [-0.39, 0.29) is 11.6 Å². The molecule has 4 heteroatoms. The van der Waals surface area contributed by atoms with Gasteiger partial charge in [-0.25, -0.2) is 4.79 Å². The maximum absolute atomic E-state index is 12.0. The van der Waals surface area contributed by atoms with Crippen LogP contribution < -0.4 is 10.6 Å². The van der Waals surface area contributed by atoms with Gasteiger partial charge in [0.25, 0.3) is 0 Å². The van der Waals surface area contributed by atoms with Crippen molar-refractivity contribution in [3.05, 3.63) is 0 Å². The van der Waals surface area contributed by atoms with Gasteiger partial charge in [-0.1, -0.05) is 20.8 Å². The summed E-state index contributed by atoms with van der Waals surface area (Å²) >= 11 is 0. The van der Waals surface area contributed by atoms with Gasteiger partial charge < -0.3 is 15.4 Å². The summed E-state index contributed by atoms with van der Waals surface area (Å²) in [6.45, 7) is 17.7. The molecule has 2 rings (SSSR count). The van der Waals surface area contributed by atoms with Crippen molar-refractivity contribution in [2.75, 3.05) is 6.54 Å². The van der Waals surface area contributed by atoms with E-state index in [2.05, 4.69) is 31.4 Å². The molecule has 2 aliphatic rings. The largest absolute Gasteiger partial charge is 0.444 e. The molecule has 3 atom stereocenters. The van der Waals surface area contributed by atoms with Crippen LogP contribution in [0, 0.1) is 16.7 Å². The van der Waals surface area contributed by atoms with Crippen molar-refractivity contribution in [1.82, 2.24) is 10.6 Å². The smallest absolute Gasteiger partial charge is 0.408 e. The molecule has 2 saturated carbocycles. The van der Waals surface area contributed by atoms with Gasteiger partial charge in [-0.2, -0.15) is 0 Å². The summed E-state index contributed by atoms with van der Waals surface area (Å²) in [4.78, 5) is 12.0. The maximum Gasteiger partial charge on any atom is 0.408 e. The standard InChI is InChI=1S/C19H36N2O2/c1-16(2,3)23-15(22)21-17(4,5)12-20-14-18(6,7)13-9-10-19(14,8)11-13/h13-14,20H,9-12H2,1-8H3,(H,21,22). The SMILES string of the molecule is CC(C)(CNC1C2(C)CCC(C2)C1(C)C)NC(=O)OC(C)(C)C. The average molecular weight is 325 g/mol. The zero-order chi connectivity index (χ0) is 17.7. The molecule has 23 heavy (non-hydrogen) atoms. The lowest BCUT2D eigenvalue weighted by Gasteiger charge is -2.44. The molecule has 2 fully saturated rings. The number of fused-ring (bicyclic) bond motifs is 2. The van der Waals surface area contributed by atoms with Gasteiger partial charge in [0.2, 0.25) is 0 Å². The minimum absolute atomic E-state index is 0.328. The number of rotatable bonds is 4. The third-order valence-corrected chi connectivity index (χ3v) is 5.86. The number of carbonyl (C=O) groups excluding carboxylic acids is 1. The van der Waals surface area contributed by atoms with Crippen molar-refractivity contribution in [2.24, 2.45) is 16.7 Å². The van der Waals surface area contributed by atoms with Crippen LogP contribution in [0.3, 0.4) is 0 Å². The van der Waals surface area contributed by atoms with Crippen LogP contribution in [0.15, 0.2) is 0 Å². The second kappa shape index (κ2) is 5.65. The third-order valence-electron chi connectivity index (χ3n) is 5.86. The van der Waals surface area contributed by atoms with E-state index >= 15 is 0 Å². The Morgan fingerprint density at radius 1 is 1.17 bits per heavy atom. The fourth-order valence-corrected chi connectivity index (χ4v) is 4.79. The highest BCUT2D eigenvalue weighted by Gasteiger charge is 2.59. The second-order valence-corrected chi connectivity index (χ2v) is 10.2. The minimum Gasteiger partial charge on any atom is -0.444 e. The van der Waals surface area contributed by atoms with Crippen molar-refractivity contribution in [3.8, 4) is 0 Å². The van der Waals surface area contributed by atoms with Gasteiger partial charge >= 0.3 is 6.09 Å². The van der Waals surface area contributed by atoms with E-state index in [0.29, 0.717) is 16.9 Å². The average Bonchev–Trinajstić information content (AvgIpc) is 2.75. The quantitative estimate of drug-likeness (QED) is 0.819. The summed E-state index contributed by atoms with van der Waals surface area (Å²) in [5.74, 6) is 0.826. The van der Waals surface area contributed by atoms with Crippen LogP contribution >= 0.6 is 0 Å². The molecule has 0 heterocycles. The van der Waals surface area contributed by atoms with Crippen molar-refractivity contribution in [3.63, 3.8) is 0 Å². The summed E-state index contributed by atoms with van der Waals surface area (Å²) in [7, 11) is 0. The van der Waals surface area contributed by atoms with E-state index < -0.39 is 5.60 Å². The van der Waals surface area contributed by atoms with Crippen LogP contribution in [-0.2, 0) is 4.74 Å². The van der Waals surface area contributed by atoms with Gasteiger partial charge in [-0.15, -0.1) is 0 Å². The van der Waals surface area contributed by atoms with E-state index in [4.69, 9.17) is 4.74 Å². The van der Waals surface area contributed by atoms with Gasteiger partial charge in [0, 0.05) is 12.6 Å². The first-order valence-corrected chi connectivity index (χ1v) is 9.00. The van der Waals surface area contributed by atoms with Gasteiger partial charge in [0.05, 0.1) is 5.54 Å². The molecule has 0 aromatic carbocycles. The first-order valence-electron chi connectivity index (χ1n) is 9.00. The highest BCUT2D eigenvalue weighted by Crippen LogP contribution is 2.62. The highest BCUT2D eigenvalue weighted by atomic mass is 16.6. The fraction of sp³-hybridized carbons (Fsp3) is 0.947. The molecule has 0 aromatic heterocycles. The summed E-state index contributed by atoms with van der Waals surface area (Å²) in [5.41, 5.74) is -0.0740. The number of nitrogens with one attached hydrogen (secondary N) is 2. The van der Waals surface area contributed by atoms with Crippen molar-refractivity contribution < 1.29 is 9.53 Å². The van der Waals surface area contributed by atoms with E-state index in [9.17, 15) is 4.79 Å². The molecule has 0 spiro atoms. The molecule has 134 valence electrons. The van der Waals surface area contributed by atoms with E-state index in [1.807, 2.05) is 34.6 Å². The molecule has 2 aliphatic carbocycles. The number of hydrogen-bond acceptors (Lipinski definition) is 3. The molecule has 2 N–H and O–H groups in total. The van der Waals surface area contributed by atoms with Gasteiger partial charge in [0.1, 0.15) is 5.60 Å². The van der Waals surface area contributed by atoms with Gasteiger partial charge in [-0.3, -0.25) is 0 Å². The summed E-state index contributed by atoms with van der Waals surface area (Å²) in [5, 5.41) is 6.78. The molecule has 3 unspecified atom stereocenters. The maximum atomic E-state index is 12.0. The predicted octanol–water partition coefficient (Wildman–Crippen LogP) is 4.09. The van der Waals surface area contributed by atoms with E-state index in [0.717, 1.165) is 12.5 Å². The van der Waals surface area contributed by atoms with Crippen LogP contribution in [0.1, 0.15) is 74.7 Å². The lowest BCUT2D eigenvalue weighted by atomic mass is 9.68. The Morgan fingerprint density at radius 3 is 2.26 bits per heavy atom. The van der Waals surface area contributed by atoms with Crippen molar-refractivity contribution >= 4 is 6.09 Å². The van der Waals surface area contributed by atoms with Gasteiger partial charge in [-0.05, 0) is 70.6 Å². The second-order valence-electron chi connectivity index (χ2n) is 10.2. The third kappa shape index (κ3) is 4.01. The Bertz CT molecular complexity index is 460. The van der Waals surface area contributed by atoms with E-state index in [1.54, 1.807) is 0 Å². The van der Waals surface area contributed by atoms with Crippen LogP contribution in [0.25, 0.3) is 0 Å². The van der Waals surface area contributed by atoms with Gasteiger partial charge in [0.15, 0.2) is 0 Å². The number of amides is 1. The number of carbonyl (C=O) groups is 1. The van der Waals surface area contributed by atoms with Crippen LogP contribution in [-0.4, -0.2) is 29.8 Å². The topological polar surface area (TPSA) is 50.4 Å². The highest BCUT2D eigenvalue weighted by molar-refractivity contribution is 5.68. The molecule has 1 amide bonds. The minimum atomic E-state index is -0.465. The number of hydrogen-bond donors (Lipinski definition) is 2. The molecular formula is C19H36N2O2. The zero-order valence-electron chi connectivity index (χ0n) is 16.3. The lowest BCUT2D eigenvalue weighted by Crippen LogP contribution is -2.58. The van der Waals surface area contributed by atoms with Crippen LogP contribution in [0.4, 0.5) is 4.79 Å². The first kappa shape index (κ1) is 18.6. The summed E-state index contributed by atoms with van der Waals surface area (Å²) in [6.07, 6.45) is 3.67. The van der Waals surface area contributed by atoms with Crippen LogP contribution in [0.5, 0.6) is 0 Å². The van der Waals surface area contributed by atoms with Crippen molar-refractivity contribution in [1.29, 1.82) is 0 Å². The molecule has 0 aromatic rings. The lowest BCUT2D eigenvalue weighted by molar-refractivity contribution is 0.0457. The fourth-order valence-electron chi connectivity index (χ4n) is 4.79. The Morgan fingerprint density at radius 2 is 1.78 bits per heavy atom. The zero-order valence-corrected chi connectivity index (χ0v) is 16.3.